The molecule has 27 heavy (non-hydrogen) atoms. The second-order valence-electron chi connectivity index (χ2n) is 6.80. The average molecular weight is 594 g/mol. The van der Waals surface area contributed by atoms with Gasteiger partial charge in [-0.3, -0.25) is 9.78 Å². The van der Waals surface area contributed by atoms with Gasteiger partial charge in [0.2, 0.25) is 7.59 Å². The van der Waals surface area contributed by atoms with Crippen molar-refractivity contribution in [2.45, 2.75) is 39.8 Å². The number of carbonyl (C=O) groups excluding carboxylic acids is 1. The van der Waals surface area contributed by atoms with Crippen LogP contribution in [0.2, 0.25) is 0 Å². The van der Waals surface area contributed by atoms with Gasteiger partial charge in [-0.2, -0.15) is 0 Å². The first kappa shape index (κ1) is 20.8. The maximum atomic E-state index is 13.4. The van der Waals surface area contributed by atoms with Gasteiger partial charge in [0, 0.05) is 0 Å². The molecule has 1 aromatic heterocycles. The number of hydrogen-bond donors (Lipinski definition) is 1. The van der Waals surface area contributed by atoms with E-state index in [1.54, 1.807) is 63.5 Å². The number of hydrogen-bond acceptors (Lipinski definition) is 3. The fourth-order valence-corrected chi connectivity index (χ4v) is 3.09. The molecule has 0 unspecified atom stereocenters. The van der Waals surface area contributed by atoms with Gasteiger partial charge in [-0.15, -0.1) is 0 Å². The summed E-state index contributed by atoms with van der Waals surface area (Å²) in [6.07, 6.45) is 4.45. The maximum Gasteiger partial charge on any atom is 0.243 e. The van der Waals surface area contributed by atoms with Crippen molar-refractivity contribution in [3.05, 3.63) is 59.4 Å². The number of nitrogens with one attached hydrogen (secondary N) is 1. The van der Waals surface area contributed by atoms with E-state index < -0.39 is 1.68 Å². The lowest BCUT2D eigenvalue weighted by Crippen LogP contribution is -2.28. The van der Waals surface area contributed by atoms with E-state index in [2.05, 4.69) is 22.4 Å². The second-order valence-corrected chi connectivity index (χ2v) is 12.3. The van der Waals surface area contributed by atoms with E-state index >= 15 is 0 Å². The van der Waals surface area contributed by atoms with Gasteiger partial charge in [-0.25, -0.2) is 4.39 Å². The van der Waals surface area contributed by atoms with Gasteiger partial charge in [0.25, 0.3) is 0 Å². The molecule has 0 saturated heterocycles. The molecular formula is C20H21FI2N2O2. The maximum absolute atomic E-state index is 13.4. The minimum atomic E-state index is -1.45. The predicted molar refractivity (Wildman–Crippen MR) is 120 cm³/mol. The van der Waals surface area contributed by atoms with Crippen LogP contribution in [0, 0.1) is 0 Å². The van der Waals surface area contributed by atoms with Crippen LogP contribution in [-0.4, -0.2) is 19.2 Å². The summed E-state index contributed by atoms with van der Waals surface area (Å²) in [5.41, 5.74) is 3.11. The van der Waals surface area contributed by atoms with E-state index in [1.165, 1.54) is 18.4 Å². The third-order valence-corrected chi connectivity index (χ3v) is 5.00. The van der Waals surface area contributed by atoms with Crippen molar-refractivity contribution >= 4 is 51.1 Å². The molecule has 1 fully saturated rings. The molecule has 144 valence electrons. The fraction of sp³-hybridized carbons (Fsp3) is 0.400. The number of nitrogens with zero attached hydrogens (tertiary/aromatic N) is 1. The lowest BCUT2D eigenvalue weighted by Gasteiger charge is -2.15. The van der Waals surface area contributed by atoms with E-state index in [4.69, 9.17) is 4.74 Å². The molecule has 1 aliphatic rings. The Hall–Kier alpha value is -0.970. The van der Waals surface area contributed by atoms with Gasteiger partial charge < -0.3 is 10.1 Å². The number of aromatic nitrogens is 1. The number of benzene rings is 1. The molecule has 2 aromatic rings. The Bertz CT molecular complexity index is 772. The molecule has 0 spiro atoms. The topological polar surface area (TPSA) is 51.2 Å². The van der Waals surface area contributed by atoms with Crippen LogP contribution < -0.4 is 10.1 Å². The highest BCUT2D eigenvalue weighted by atomic mass is 127. The van der Waals surface area contributed by atoms with E-state index in [9.17, 15) is 9.18 Å². The number of amides is 1. The Kier molecular flexibility index (Phi) is 6.93. The molecule has 1 aliphatic carbocycles. The highest BCUT2D eigenvalue weighted by molar-refractivity contribution is 14.2. The molecule has 1 N–H and O–H groups in total. The summed E-state index contributed by atoms with van der Waals surface area (Å²) in [5.74, 6) is 1.19. The minimum Gasteiger partial charge on any atom is -0.487 e. The Morgan fingerprint density at radius 1 is 1.30 bits per heavy atom. The molecular weight excluding hydrogens is 573 g/mol. The van der Waals surface area contributed by atoms with Crippen molar-refractivity contribution in [3.63, 3.8) is 0 Å². The zero-order chi connectivity index (χ0) is 19.4. The molecule has 0 aliphatic heterocycles. The molecule has 0 bridgehead atoms. The zero-order valence-electron chi connectivity index (χ0n) is 14.9. The largest absolute Gasteiger partial charge is 0.487 e. The summed E-state index contributed by atoms with van der Waals surface area (Å²) in [5, 5.41) is 2.97. The summed E-state index contributed by atoms with van der Waals surface area (Å²) in [6, 6.07) is 11.6. The van der Waals surface area contributed by atoms with Crippen LogP contribution in [0.1, 0.15) is 48.5 Å². The fourth-order valence-electron chi connectivity index (χ4n) is 2.77. The molecule has 7 heteroatoms. The third-order valence-electron chi connectivity index (χ3n) is 4.38. The Morgan fingerprint density at radius 3 is 2.56 bits per heavy atom. The Morgan fingerprint density at radius 2 is 2.00 bits per heavy atom. The zero-order valence-corrected chi connectivity index (χ0v) is 19.2. The van der Waals surface area contributed by atoms with Crippen molar-refractivity contribution in [1.82, 2.24) is 10.3 Å². The van der Waals surface area contributed by atoms with Gasteiger partial charge >= 0.3 is 0 Å². The van der Waals surface area contributed by atoms with Crippen molar-refractivity contribution in [1.29, 1.82) is 0 Å². The molecule has 1 aromatic carbocycles. The molecule has 4 nitrogen and oxygen atoms in total. The average Bonchev–Trinajstić information content (AvgIpc) is 3.45. The number of rotatable bonds is 8. The molecule has 1 saturated carbocycles. The Labute approximate surface area is 186 Å². The number of ether oxygens (including phenoxy) is 1. The molecule has 0 radical (unpaired) electrons. The van der Waals surface area contributed by atoms with Crippen LogP contribution in [-0.2, 0) is 11.2 Å². The monoisotopic (exact) mass is 594 g/mol. The van der Waals surface area contributed by atoms with E-state index in [1.807, 2.05) is 19.1 Å². The lowest BCUT2D eigenvalue weighted by atomic mass is 10.1. The molecule has 1 heterocycles. The van der Waals surface area contributed by atoms with Gasteiger partial charge in [-0.05, 0) is 94.1 Å². The quantitative estimate of drug-likeness (QED) is 0.336. The number of carbonyl (C=O) groups is 1. The SMILES string of the molecule is C[C@@H](NC(=O)Cc1ccc(C2CC2)cc1)c1ccc(OCC(F)(I)I)cn1. The van der Waals surface area contributed by atoms with E-state index in [0.717, 1.165) is 17.2 Å². The highest BCUT2D eigenvalue weighted by Gasteiger charge is 2.23. The predicted octanol–water partition coefficient (Wildman–Crippen LogP) is 5.25. The molecule has 3 rings (SSSR count). The van der Waals surface area contributed by atoms with Crippen LogP contribution in [0.3, 0.4) is 0 Å². The van der Waals surface area contributed by atoms with Gasteiger partial charge in [0.05, 0.1) is 24.4 Å². The summed E-state index contributed by atoms with van der Waals surface area (Å²) in [6.45, 7) is 1.83. The first-order chi connectivity index (χ1) is 12.8. The smallest absolute Gasteiger partial charge is 0.243 e. The van der Waals surface area contributed by atoms with E-state index in [0.29, 0.717) is 12.2 Å². The molecule has 1 atom stereocenters. The van der Waals surface area contributed by atoms with E-state index in [-0.39, 0.29) is 18.6 Å². The van der Waals surface area contributed by atoms with Crippen LogP contribution in [0.5, 0.6) is 5.75 Å². The first-order valence-corrected chi connectivity index (χ1v) is 11.0. The van der Waals surface area contributed by atoms with Crippen LogP contribution in [0.25, 0.3) is 0 Å². The van der Waals surface area contributed by atoms with Crippen molar-refractivity contribution in [3.8, 4) is 5.75 Å². The van der Waals surface area contributed by atoms with Gasteiger partial charge in [-0.1, -0.05) is 24.3 Å². The second kappa shape index (κ2) is 9.02. The summed E-state index contributed by atoms with van der Waals surface area (Å²) >= 11 is 3.36. The first-order valence-electron chi connectivity index (χ1n) is 8.84. The molecule has 1 amide bonds. The summed E-state index contributed by atoms with van der Waals surface area (Å²) in [7, 11) is 0. The number of halogens is 3. The van der Waals surface area contributed by atoms with Crippen molar-refractivity contribution in [2.24, 2.45) is 0 Å². The van der Waals surface area contributed by atoms with Gasteiger partial charge in [0.15, 0.2) is 0 Å². The van der Waals surface area contributed by atoms with Gasteiger partial charge in [0.1, 0.15) is 12.4 Å². The van der Waals surface area contributed by atoms with Crippen LogP contribution in [0.4, 0.5) is 4.39 Å². The Balaban J connectivity index is 1.49. The van der Waals surface area contributed by atoms with Crippen LogP contribution in [0.15, 0.2) is 42.6 Å². The number of pyridine rings is 1. The van der Waals surface area contributed by atoms with Crippen molar-refractivity contribution in [2.75, 3.05) is 6.61 Å². The minimum absolute atomic E-state index is 0.0409. The number of alkyl halides is 3. The summed E-state index contributed by atoms with van der Waals surface area (Å²) < 4.78 is 17.4. The normalized spacial score (nSPS) is 15.3. The lowest BCUT2D eigenvalue weighted by molar-refractivity contribution is -0.121. The van der Waals surface area contributed by atoms with Crippen LogP contribution >= 0.6 is 45.2 Å². The highest BCUT2D eigenvalue weighted by Crippen LogP contribution is 2.39. The van der Waals surface area contributed by atoms with Crippen molar-refractivity contribution < 1.29 is 13.9 Å². The standard InChI is InChI=1S/C20H21FI2N2O2/c1-13(18-9-8-17(11-24-18)27-12-20(21,22)23)25-19(26)10-14-2-4-15(5-3-14)16-6-7-16/h2-5,8-9,11,13,16H,6-7,10,12H2,1H3,(H,25,26)/t13-/m1/s1. The third kappa shape index (κ3) is 6.85. The summed E-state index contributed by atoms with van der Waals surface area (Å²) in [4.78, 5) is 16.6.